The fraction of sp³-hybridized carbons (Fsp3) is 0.900. The Bertz CT molecular complexity index is 431. The SMILES string of the molecule is CCOC(=O)NS(=O)(=O)N1CCCC2(C1)OCCO2. The molecule has 1 spiro atoms. The van der Waals surface area contributed by atoms with Crippen LogP contribution in [0, 0.1) is 0 Å². The van der Waals surface area contributed by atoms with E-state index < -0.39 is 22.1 Å². The summed E-state index contributed by atoms with van der Waals surface area (Å²) in [6.07, 6.45) is 0.290. The van der Waals surface area contributed by atoms with Gasteiger partial charge in [0, 0.05) is 13.0 Å². The van der Waals surface area contributed by atoms with Crippen molar-refractivity contribution in [3.63, 3.8) is 0 Å². The van der Waals surface area contributed by atoms with Crippen molar-refractivity contribution in [1.29, 1.82) is 0 Å². The first-order chi connectivity index (χ1) is 8.97. The van der Waals surface area contributed by atoms with Crippen LogP contribution in [0.15, 0.2) is 0 Å². The maximum absolute atomic E-state index is 12.0. The monoisotopic (exact) mass is 294 g/mol. The maximum atomic E-state index is 12.0. The molecule has 9 heteroatoms. The van der Waals surface area contributed by atoms with Crippen molar-refractivity contribution in [1.82, 2.24) is 9.03 Å². The lowest BCUT2D eigenvalue weighted by Gasteiger charge is -2.37. The Labute approximate surface area is 112 Å². The smallest absolute Gasteiger partial charge is 0.421 e. The first-order valence-electron chi connectivity index (χ1n) is 6.20. The number of nitrogens with zero attached hydrogens (tertiary/aromatic N) is 1. The molecule has 0 radical (unpaired) electrons. The summed E-state index contributed by atoms with van der Waals surface area (Å²) in [5, 5.41) is 0. The highest BCUT2D eigenvalue weighted by Crippen LogP contribution is 2.30. The van der Waals surface area contributed by atoms with E-state index in [2.05, 4.69) is 4.74 Å². The van der Waals surface area contributed by atoms with Crippen molar-refractivity contribution in [3.8, 4) is 0 Å². The van der Waals surface area contributed by atoms with Crippen LogP contribution in [0.4, 0.5) is 4.79 Å². The summed E-state index contributed by atoms with van der Waals surface area (Å²) < 4.78 is 42.6. The van der Waals surface area contributed by atoms with Crippen molar-refractivity contribution >= 4 is 16.3 Å². The minimum absolute atomic E-state index is 0.0851. The zero-order valence-electron chi connectivity index (χ0n) is 10.8. The number of rotatable bonds is 3. The topological polar surface area (TPSA) is 94.2 Å². The Morgan fingerprint density at radius 1 is 1.42 bits per heavy atom. The van der Waals surface area contributed by atoms with Gasteiger partial charge >= 0.3 is 16.3 Å². The molecule has 110 valence electrons. The zero-order chi connectivity index (χ0) is 13.9. The Hall–Kier alpha value is -0.900. The summed E-state index contributed by atoms with van der Waals surface area (Å²) in [4.78, 5) is 11.2. The summed E-state index contributed by atoms with van der Waals surface area (Å²) in [6, 6.07) is 0. The van der Waals surface area contributed by atoms with E-state index in [0.29, 0.717) is 32.6 Å². The number of ether oxygens (including phenoxy) is 3. The lowest BCUT2D eigenvalue weighted by atomic mass is 10.1. The lowest BCUT2D eigenvalue weighted by Crippen LogP contribution is -2.54. The van der Waals surface area contributed by atoms with Gasteiger partial charge in [-0.15, -0.1) is 0 Å². The molecular formula is C10H18N2O6S. The summed E-state index contributed by atoms with van der Waals surface area (Å²) in [6.45, 7) is 3.03. The van der Waals surface area contributed by atoms with Crippen molar-refractivity contribution < 1.29 is 27.4 Å². The van der Waals surface area contributed by atoms with Crippen LogP contribution in [0.1, 0.15) is 19.8 Å². The van der Waals surface area contributed by atoms with Gasteiger partial charge < -0.3 is 14.2 Å². The first-order valence-corrected chi connectivity index (χ1v) is 7.64. The standard InChI is InChI=1S/C10H18N2O6S/c1-2-16-9(13)11-19(14,15)12-5-3-4-10(8-12)17-6-7-18-10/h2-8H2,1H3,(H,11,13). The highest BCUT2D eigenvalue weighted by molar-refractivity contribution is 7.87. The summed E-state index contributed by atoms with van der Waals surface area (Å²) >= 11 is 0. The minimum Gasteiger partial charge on any atom is -0.449 e. The third kappa shape index (κ3) is 3.35. The van der Waals surface area contributed by atoms with E-state index in [1.54, 1.807) is 6.92 Å². The second-order valence-corrected chi connectivity index (χ2v) is 6.04. The second kappa shape index (κ2) is 5.61. The van der Waals surface area contributed by atoms with E-state index in [4.69, 9.17) is 9.47 Å². The molecule has 0 aromatic carbocycles. The maximum Gasteiger partial charge on any atom is 0.421 e. The van der Waals surface area contributed by atoms with Gasteiger partial charge in [-0.05, 0) is 13.3 Å². The molecule has 2 aliphatic heterocycles. The van der Waals surface area contributed by atoms with Crippen LogP contribution in [0.2, 0.25) is 0 Å². The molecule has 0 aliphatic carbocycles. The Balaban J connectivity index is 2.01. The summed E-state index contributed by atoms with van der Waals surface area (Å²) in [7, 11) is -3.92. The van der Waals surface area contributed by atoms with Crippen molar-refractivity contribution in [2.75, 3.05) is 32.9 Å². The molecule has 0 atom stereocenters. The minimum atomic E-state index is -3.92. The molecule has 2 aliphatic rings. The third-order valence-electron chi connectivity index (χ3n) is 3.02. The predicted octanol–water partition coefficient (Wildman–Crippen LogP) is -0.184. The predicted molar refractivity (Wildman–Crippen MR) is 64.5 cm³/mol. The average Bonchev–Trinajstić information content (AvgIpc) is 2.77. The molecule has 2 heterocycles. The fourth-order valence-corrected chi connectivity index (χ4v) is 3.35. The van der Waals surface area contributed by atoms with Gasteiger partial charge in [0.15, 0.2) is 5.79 Å². The van der Waals surface area contributed by atoms with Gasteiger partial charge in [0.25, 0.3) is 0 Å². The molecule has 0 aromatic rings. The van der Waals surface area contributed by atoms with Crippen molar-refractivity contribution in [3.05, 3.63) is 0 Å². The van der Waals surface area contributed by atoms with Crippen molar-refractivity contribution in [2.45, 2.75) is 25.6 Å². The molecule has 1 amide bonds. The molecule has 0 bridgehead atoms. The largest absolute Gasteiger partial charge is 0.449 e. The molecule has 0 aromatic heterocycles. The van der Waals surface area contributed by atoms with Crippen LogP contribution in [-0.2, 0) is 24.4 Å². The zero-order valence-corrected chi connectivity index (χ0v) is 11.6. The number of nitrogens with one attached hydrogen (secondary N) is 1. The van der Waals surface area contributed by atoms with Crippen LogP contribution in [0.3, 0.4) is 0 Å². The van der Waals surface area contributed by atoms with Gasteiger partial charge in [0.2, 0.25) is 0 Å². The van der Waals surface area contributed by atoms with E-state index in [1.165, 1.54) is 0 Å². The van der Waals surface area contributed by atoms with E-state index >= 15 is 0 Å². The van der Waals surface area contributed by atoms with Gasteiger partial charge in [0.05, 0.1) is 26.4 Å². The van der Waals surface area contributed by atoms with Crippen LogP contribution in [0.25, 0.3) is 0 Å². The lowest BCUT2D eigenvalue weighted by molar-refractivity contribution is -0.179. The molecule has 2 rings (SSSR count). The quantitative estimate of drug-likeness (QED) is 0.775. The summed E-state index contributed by atoms with van der Waals surface area (Å²) in [5.41, 5.74) is 0. The van der Waals surface area contributed by atoms with E-state index in [9.17, 15) is 13.2 Å². The molecular weight excluding hydrogens is 276 g/mol. The number of carbonyl (C=O) groups is 1. The molecule has 1 N–H and O–H groups in total. The Morgan fingerprint density at radius 2 is 2.11 bits per heavy atom. The van der Waals surface area contributed by atoms with Gasteiger partial charge in [0.1, 0.15) is 0 Å². The van der Waals surface area contributed by atoms with Crippen molar-refractivity contribution in [2.24, 2.45) is 0 Å². The van der Waals surface area contributed by atoms with Gasteiger partial charge in [-0.2, -0.15) is 12.7 Å². The normalized spacial score (nSPS) is 23.4. The number of carbonyl (C=O) groups excluding carboxylic acids is 1. The molecule has 2 saturated heterocycles. The number of amides is 1. The molecule has 19 heavy (non-hydrogen) atoms. The van der Waals surface area contributed by atoms with E-state index in [1.807, 2.05) is 4.72 Å². The third-order valence-corrected chi connectivity index (χ3v) is 4.44. The molecule has 2 fully saturated rings. The first kappa shape index (κ1) is 14.5. The van der Waals surface area contributed by atoms with E-state index in [0.717, 1.165) is 4.31 Å². The van der Waals surface area contributed by atoms with Gasteiger partial charge in [-0.1, -0.05) is 0 Å². The van der Waals surface area contributed by atoms with Gasteiger partial charge in [-0.3, -0.25) is 0 Å². The number of hydrogen-bond acceptors (Lipinski definition) is 6. The van der Waals surface area contributed by atoms with E-state index in [-0.39, 0.29) is 13.2 Å². The van der Waals surface area contributed by atoms with Crippen LogP contribution >= 0.6 is 0 Å². The molecule has 8 nitrogen and oxygen atoms in total. The Morgan fingerprint density at radius 3 is 2.74 bits per heavy atom. The fourth-order valence-electron chi connectivity index (χ4n) is 2.22. The highest BCUT2D eigenvalue weighted by atomic mass is 32.2. The van der Waals surface area contributed by atoms with Gasteiger partial charge in [-0.25, -0.2) is 9.52 Å². The van der Waals surface area contributed by atoms with Crippen LogP contribution in [0.5, 0.6) is 0 Å². The van der Waals surface area contributed by atoms with Crippen LogP contribution < -0.4 is 4.72 Å². The summed E-state index contributed by atoms with van der Waals surface area (Å²) in [5.74, 6) is -0.859. The highest BCUT2D eigenvalue weighted by Gasteiger charge is 2.44. The number of piperidine rings is 1. The van der Waals surface area contributed by atoms with Crippen LogP contribution in [-0.4, -0.2) is 57.5 Å². The Kier molecular flexibility index (Phi) is 4.29. The molecule has 0 unspecified atom stereocenters. The average molecular weight is 294 g/mol. The molecule has 0 saturated carbocycles. The number of hydrogen-bond donors (Lipinski definition) is 1. The second-order valence-electron chi connectivity index (χ2n) is 4.37.